The third-order valence-electron chi connectivity index (χ3n) is 4.86. The molecule has 1 amide bonds. The molecule has 3 aromatic rings. The molecule has 0 aliphatic carbocycles. The van der Waals surface area contributed by atoms with Gasteiger partial charge in [0.2, 0.25) is 5.91 Å². The maximum Gasteiger partial charge on any atom is 0.248 e. The Morgan fingerprint density at radius 3 is 2.41 bits per heavy atom. The van der Waals surface area contributed by atoms with Crippen molar-refractivity contribution in [2.45, 2.75) is 12.5 Å². The summed E-state index contributed by atoms with van der Waals surface area (Å²) >= 11 is 0. The normalized spacial score (nSPS) is 15.6. The number of anilines is 1. The second kappa shape index (κ2) is 7.94. The molecule has 138 valence electrons. The Bertz CT molecular complexity index is 846. The van der Waals surface area contributed by atoms with E-state index in [1.54, 1.807) is 17.1 Å². The third-order valence-corrected chi connectivity index (χ3v) is 4.86. The van der Waals surface area contributed by atoms with Crippen LogP contribution in [0.25, 0.3) is 0 Å². The molecular weight excluding hydrogens is 342 g/mol. The van der Waals surface area contributed by atoms with Crippen LogP contribution < -0.4 is 4.90 Å². The van der Waals surface area contributed by atoms with Gasteiger partial charge in [0, 0.05) is 50.7 Å². The molecule has 2 aromatic heterocycles. The Balaban J connectivity index is 1.46. The number of tetrazole rings is 1. The van der Waals surface area contributed by atoms with Gasteiger partial charge in [-0.3, -0.25) is 9.78 Å². The predicted octanol–water partition coefficient (Wildman–Crippen LogP) is 1.20. The molecule has 0 bridgehead atoms. The SMILES string of the molecule is O=C(C(Cc1ccccc1)n1cnnn1)N1CCN(c2ccncc2)CC1. The first kappa shape index (κ1) is 17.1. The van der Waals surface area contributed by atoms with Gasteiger partial charge in [-0.15, -0.1) is 5.10 Å². The second-order valence-corrected chi connectivity index (χ2v) is 6.51. The smallest absolute Gasteiger partial charge is 0.248 e. The molecule has 1 aromatic carbocycles. The highest BCUT2D eigenvalue weighted by molar-refractivity contribution is 5.81. The fraction of sp³-hybridized carbons (Fsp3) is 0.316. The monoisotopic (exact) mass is 363 g/mol. The molecule has 0 N–H and O–H groups in total. The molecule has 4 rings (SSSR count). The predicted molar refractivity (Wildman–Crippen MR) is 100 cm³/mol. The lowest BCUT2D eigenvalue weighted by Crippen LogP contribution is -2.51. The van der Waals surface area contributed by atoms with Crippen molar-refractivity contribution in [3.63, 3.8) is 0 Å². The van der Waals surface area contributed by atoms with Gasteiger partial charge in [0.1, 0.15) is 12.4 Å². The van der Waals surface area contributed by atoms with E-state index >= 15 is 0 Å². The van der Waals surface area contributed by atoms with Gasteiger partial charge in [-0.2, -0.15) is 0 Å². The quantitative estimate of drug-likeness (QED) is 0.678. The van der Waals surface area contributed by atoms with E-state index in [-0.39, 0.29) is 5.91 Å². The number of carbonyl (C=O) groups excluding carboxylic acids is 1. The van der Waals surface area contributed by atoms with Gasteiger partial charge in [-0.05, 0) is 28.1 Å². The van der Waals surface area contributed by atoms with Crippen molar-refractivity contribution in [1.29, 1.82) is 0 Å². The van der Waals surface area contributed by atoms with Crippen LogP contribution in [0.3, 0.4) is 0 Å². The average molecular weight is 363 g/mol. The number of hydrogen-bond donors (Lipinski definition) is 0. The van der Waals surface area contributed by atoms with Crippen LogP contribution in [0.15, 0.2) is 61.2 Å². The largest absolute Gasteiger partial charge is 0.368 e. The third kappa shape index (κ3) is 3.94. The number of amides is 1. The average Bonchev–Trinajstić information content (AvgIpc) is 3.28. The first-order valence-electron chi connectivity index (χ1n) is 9.01. The summed E-state index contributed by atoms with van der Waals surface area (Å²) in [6.45, 7) is 2.94. The van der Waals surface area contributed by atoms with Gasteiger partial charge in [0.05, 0.1) is 0 Å². The molecule has 0 spiro atoms. The summed E-state index contributed by atoms with van der Waals surface area (Å²) in [5.41, 5.74) is 2.22. The fourth-order valence-corrected chi connectivity index (χ4v) is 3.39. The van der Waals surface area contributed by atoms with Crippen LogP contribution >= 0.6 is 0 Å². The van der Waals surface area contributed by atoms with Crippen molar-refractivity contribution in [2.75, 3.05) is 31.1 Å². The molecule has 8 heteroatoms. The molecule has 8 nitrogen and oxygen atoms in total. The Morgan fingerprint density at radius 1 is 1.00 bits per heavy atom. The first-order chi connectivity index (χ1) is 13.3. The summed E-state index contributed by atoms with van der Waals surface area (Å²) in [5.74, 6) is 0.0560. The van der Waals surface area contributed by atoms with Crippen molar-refractivity contribution in [1.82, 2.24) is 30.1 Å². The van der Waals surface area contributed by atoms with Crippen LogP contribution in [-0.2, 0) is 11.2 Å². The minimum absolute atomic E-state index is 0.0560. The summed E-state index contributed by atoms with van der Waals surface area (Å²) in [4.78, 5) is 21.5. The molecule has 1 aliphatic heterocycles. The molecule has 1 atom stereocenters. The van der Waals surface area contributed by atoms with Crippen molar-refractivity contribution in [3.8, 4) is 0 Å². The second-order valence-electron chi connectivity index (χ2n) is 6.51. The number of benzene rings is 1. The summed E-state index contributed by atoms with van der Waals surface area (Å²) in [6, 6.07) is 13.5. The van der Waals surface area contributed by atoms with Gasteiger partial charge in [0.25, 0.3) is 0 Å². The topological polar surface area (TPSA) is 80.0 Å². The molecule has 27 heavy (non-hydrogen) atoms. The van der Waals surface area contributed by atoms with Crippen molar-refractivity contribution in [3.05, 3.63) is 66.7 Å². The number of nitrogens with zero attached hydrogens (tertiary/aromatic N) is 7. The molecule has 3 heterocycles. The Hall–Kier alpha value is -3.29. The first-order valence-corrected chi connectivity index (χ1v) is 9.01. The van der Waals surface area contributed by atoms with Crippen LogP contribution in [0.1, 0.15) is 11.6 Å². The molecule has 0 saturated carbocycles. The van der Waals surface area contributed by atoms with Crippen molar-refractivity contribution >= 4 is 11.6 Å². The maximum atomic E-state index is 13.2. The van der Waals surface area contributed by atoms with E-state index in [0.717, 1.165) is 24.3 Å². The lowest BCUT2D eigenvalue weighted by Gasteiger charge is -2.37. The van der Waals surface area contributed by atoms with E-state index < -0.39 is 6.04 Å². The molecular formula is C19H21N7O. The molecule has 1 aliphatic rings. The molecule has 1 unspecified atom stereocenters. The zero-order valence-electron chi connectivity index (χ0n) is 14.9. The van der Waals surface area contributed by atoms with E-state index in [9.17, 15) is 4.79 Å². The fourth-order valence-electron chi connectivity index (χ4n) is 3.39. The highest BCUT2D eigenvalue weighted by atomic mass is 16.2. The minimum Gasteiger partial charge on any atom is -0.368 e. The number of hydrogen-bond acceptors (Lipinski definition) is 6. The van der Waals surface area contributed by atoms with Crippen LogP contribution in [0.2, 0.25) is 0 Å². The lowest BCUT2D eigenvalue weighted by atomic mass is 10.0. The van der Waals surface area contributed by atoms with Gasteiger partial charge < -0.3 is 9.80 Å². The summed E-state index contributed by atoms with van der Waals surface area (Å²) in [7, 11) is 0. The lowest BCUT2D eigenvalue weighted by molar-refractivity contribution is -0.135. The molecule has 1 saturated heterocycles. The zero-order chi connectivity index (χ0) is 18.5. The summed E-state index contributed by atoms with van der Waals surface area (Å²) < 4.78 is 1.56. The van der Waals surface area contributed by atoms with Crippen LogP contribution in [0.5, 0.6) is 0 Å². The van der Waals surface area contributed by atoms with Crippen LogP contribution in [0, 0.1) is 0 Å². The standard InChI is InChI=1S/C19H21N7O/c27-19(25-12-10-24(11-13-25)17-6-8-20-9-7-17)18(26-15-21-22-23-26)14-16-4-2-1-3-5-16/h1-9,15,18H,10-14H2. The summed E-state index contributed by atoms with van der Waals surface area (Å²) in [5, 5.41) is 11.4. The van der Waals surface area contributed by atoms with Gasteiger partial charge in [0.15, 0.2) is 0 Å². The Labute approximate surface area is 157 Å². The Morgan fingerprint density at radius 2 is 1.74 bits per heavy atom. The van der Waals surface area contributed by atoms with Gasteiger partial charge in [-0.1, -0.05) is 30.3 Å². The van der Waals surface area contributed by atoms with E-state index in [0.29, 0.717) is 19.5 Å². The number of piperazine rings is 1. The van der Waals surface area contributed by atoms with E-state index in [1.165, 1.54) is 6.33 Å². The molecule has 1 fully saturated rings. The van der Waals surface area contributed by atoms with Crippen molar-refractivity contribution < 1.29 is 4.79 Å². The van der Waals surface area contributed by atoms with Gasteiger partial charge >= 0.3 is 0 Å². The maximum absolute atomic E-state index is 13.2. The zero-order valence-corrected chi connectivity index (χ0v) is 14.9. The number of carbonyl (C=O) groups is 1. The number of pyridine rings is 1. The molecule has 0 radical (unpaired) electrons. The number of aromatic nitrogens is 5. The number of rotatable bonds is 5. The highest BCUT2D eigenvalue weighted by Gasteiger charge is 2.29. The van der Waals surface area contributed by atoms with Crippen LogP contribution in [0.4, 0.5) is 5.69 Å². The summed E-state index contributed by atoms with van der Waals surface area (Å²) in [6.07, 6.45) is 5.66. The van der Waals surface area contributed by atoms with E-state index in [1.807, 2.05) is 47.4 Å². The van der Waals surface area contributed by atoms with E-state index in [4.69, 9.17) is 0 Å². The Kier molecular flexibility index (Phi) is 5.04. The van der Waals surface area contributed by atoms with Crippen molar-refractivity contribution in [2.24, 2.45) is 0 Å². The minimum atomic E-state index is -0.435. The van der Waals surface area contributed by atoms with E-state index in [2.05, 4.69) is 25.4 Å². The van der Waals surface area contributed by atoms with Gasteiger partial charge in [-0.25, -0.2) is 4.68 Å². The van der Waals surface area contributed by atoms with Crippen LogP contribution in [-0.4, -0.2) is 62.2 Å². The highest BCUT2D eigenvalue weighted by Crippen LogP contribution is 2.19.